The molecule has 0 spiro atoms. The largest absolute Gasteiger partial charge is 0.289 e. The molecule has 4 N–H and O–H groups in total. The van der Waals surface area contributed by atoms with Gasteiger partial charge in [-0.25, -0.2) is 27.7 Å². The number of rotatable bonds is 3. The third kappa shape index (κ3) is 2.58. The van der Waals surface area contributed by atoms with Crippen LogP contribution in [0.3, 0.4) is 0 Å². The molecule has 3 aromatic carbocycles. The van der Waals surface area contributed by atoms with Crippen LogP contribution in [0.5, 0.6) is 0 Å². The van der Waals surface area contributed by atoms with Crippen molar-refractivity contribution in [3.63, 3.8) is 0 Å². The van der Waals surface area contributed by atoms with Gasteiger partial charge in [-0.2, -0.15) is 0 Å². The number of nitrogens with one attached hydrogen (secondary N) is 1. The summed E-state index contributed by atoms with van der Waals surface area (Å²) >= 11 is -2.28. The molecule has 0 saturated heterocycles. The minimum Gasteiger partial charge on any atom is -0.289 e. The Morgan fingerprint density at radius 1 is 0.964 bits per heavy atom. The van der Waals surface area contributed by atoms with Crippen LogP contribution in [0.15, 0.2) is 53.4 Å². The maximum Gasteiger partial charge on any atom is 0.259 e. The summed E-state index contributed by atoms with van der Waals surface area (Å²) in [5.74, 6) is 0. The Hall–Kier alpha value is -2.92. The van der Waals surface area contributed by atoms with E-state index in [1.54, 1.807) is 12.1 Å². The highest BCUT2D eigenvalue weighted by molar-refractivity contribution is 7.89. The number of nitrogens with two attached hydrogens (primary N) is 1. The van der Waals surface area contributed by atoms with Crippen molar-refractivity contribution >= 4 is 48.8 Å². The van der Waals surface area contributed by atoms with Crippen LogP contribution in [0.4, 0.5) is 5.69 Å². The van der Waals surface area contributed by atoms with Gasteiger partial charge in [-0.15, -0.1) is 0 Å². The smallest absolute Gasteiger partial charge is 0.259 e. The molecule has 1 unspecified atom stereocenters. The lowest BCUT2D eigenvalue weighted by atomic mass is 10.0. The molecule has 1 atom stereocenters. The molecule has 1 heterocycles. The molecule has 0 aliphatic heterocycles. The van der Waals surface area contributed by atoms with E-state index in [2.05, 4.69) is 9.71 Å². The predicted octanol–water partition coefficient (Wildman–Crippen LogP) is 2.63. The number of fused-ring (bicyclic) bond motifs is 4. The predicted molar refractivity (Wildman–Crippen MR) is 107 cm³/mol. The lowest BCUT2D eigenvalue weighted by Crippen LogP contribution is -2.12. The van der Waals surface area contributed by atoms with E-state index in [1.165, 1.54) is 12.1 Å². The summed E-state index contributed by atoms with van der Waals surface area (Å²) in [6.45, 7) is 0. The molecule has 0 amide bonds. The Morgan fingerprint density at radius 3 is 2.14 bits per heavy atom. The number of aromatic nitrogens is 2. The molecule has 1 aromatic heterocycles. The van der Waals surface area contributed by atoms with Gasteiger partial charge in [0, 0.05) is 22.2 Å². The van der Waals surface area contributed by atoms with Crippen LogP contribution in [-0.2, 0) is 21.3 Å². The first-order valence-corrected chi connectivity index (χ1v) is 10.8. The van der Waals surface area contributed by atoms with E-state index in [9.17, 15) is 17.2 Å². The van der Waals surface area contributed by atoms with Crippen LogP contribution in [0, 0.1) is 0 Å². The quantitative estimate of drug-likeness (QED) is 0.390. The molecule has 1 aliphatic carbocycles. The van der Waals surface area contributed by atoms with Crippen molar-refractivity contribution in [3.8, 4) is 22.5 Å². The van der Waals surface area contributed by atoms with Crippen molar-refractivity contribution < 1.29 is 17.2 Å². The molecule has 1 aliphatic rings. The van der Waals surface area contributed by atoms with Crippen molar-refractivity contribution in [1.29, 1.82) is 0 Å². The molecule has 10 heteroatoms. The normalized spacial score (nSPS) is 13.6. The fraction of sp³-hybridized carbons (Fsp3) is 0. The first kappa shape index (κ1) is 17.2. The molecule has 28 heavy (non-hydrogen) atoms. The first-order valence-electron chi connectivity index (χ1n) is 8.11. The van der Waals surface area contributed by atoms with Crippen LogP contribution in [0.1, 0.15) is 0 Å². The van der Waals surface area contributed by atoms with Gasteiger partial charge in [0.2, 0.25) is 10.0 Å². The zero-order chi connectivity index (χ0) is 19.6. The van der Waals surface area contributed by atoms with Gasteiger partial charge in [0.05, 0.1) is 27.3 Å². The third-order valence-electron chi connectivity index (χ3n) is 4.64. The van der Waals surface area contributed by atoms with E-state index in [-0.39, 0.29) is 4.90 Å². The van der Waals surface area contributed by atoms with E-state index >= 15 is 0 Å². The summed E-state index contributed by atoms with van der Waals surface area (Å²) in [7, 11) is -3.96. The lowest BCUT2D eigenvalue weighted by molar-refractivity contribution is 0.570. The number of sulfonamides is 1. The number of anilines is 1. The maximum absolute atomic E-state index is 12.0. The second-order valence-corrected chi connectivity index (χ2v) is 8.66. The Labute approximate surface area is 161 Å². The molecule has 0 radical (unpaired) electrons. The van der Waals surface area contributed by atoms with E-state index in [4.69, 9.17) is 10.1 Å². The van der Waals surface area contributed by atoms with Gasteiger partial charge in [-0.1, -0.05) is 12.1 Å². The topological polar surface area (TPSA) is 135 Å². The Balaban J connectivity index is 1.93. The average molecular weight is 412 g/mol. The first-order chi connectivity index (χ1) is 13.3. The number of para-hydroxylation sites is 2. The van der Waals surface area contributed by atoms with Crippen molar-refractivity contribution in [2.24, 2.45) is 5.14 Å². The van der Waals surface area contributed by atoms with Gasteiger partial charge in [0.15, 0.2) is 0 Å². The number of hydrogen-bond donors (Lipinski definition) is 3. The molecule has 0 fully saturated rings. The Morgan fingerprint density at radius 2 is 1.57 bits per heavy atom. The lowest BCUT2D eigenvalue weighted by Gasteiger charge is -2.08. The highest BCUT2D eigenvalue weighted by Gasteiger charge is 2.27. The summed E-state index contributed by atoms with van der Waals surface area (Å²) in [5, 5.41) is 6.67. The second-order valence-electron chi connectivity index (χ2n) is 6.40. The number of benzene rings is 3. The van der Waals surface area contributed by atoms with Crippen molar-refractivity contribution in [2.75, 3.05) is 4.72 Å². The summed E-state index contributed by atoms with van der Waals surface area (Å²) in [5.41, 5.74) is 4.17. The third-order valence-corrected chi connectivity index (χ3v) is 5.94. The van der Waals surface area contributed by atoms with Crippen LogP contribution in [-0.4, -0.2) is 27.1 Å². The second kappa shape index (κ2) is 5.79. The summed E-state index contributed by atoms with van der Waals surface area (Å²) in [4.78, 5) is 9.32. The van der Waals surface area contributed by atoms with Crippen LogP contribution in [0.2, 0.25) is 0 Å². The van der Waals surface area contributed by atoms with E-state index in [0.717, 1.165) is 5.39 Å². The van der Waals surface area contributed by atoms with Gasteiger partial charge in [0.25, 0.3) is 11.3 Å². The minimum atomic E-state index is -3.96. The van der Waals surface area contributed by atoms with Crippen LogP contribution >= 0.6 is 0 Å². The molecule has 4 aromatic rings. The molecular weight excluding hydrogens is 400 g/mol. The molecule has 8 nitrogen and oxygen atoms in total. The monoisotopic (exact) mass is 412 g/mol. The van der Waals surface area contributed by atoms with Crippen LogP contribution in [0.25, 0.3) is 44.3 Å². The molecule has 5 rings (SSSR count). The summed E-state index contributed by atoms with van der Waals surface area (Å²) in [6, 6.07) is 13.6. The van der Waals surface area contributed by atoms with Crippen molar-refractivity contribution in [2.45, 2.75) is 4.90 Å². The van der Waals surface area contributed by atoms with Gasteiger partial charge < -0.3 is 0 Å². The highest BCUT2D eigenvalue weighted by atomic mass is 32.2. The Bertz CT molecular complexity index is 1450. The fourth-order valence-electron chi connectivity index (χ4n) is 3.56. The molecule has 0 bridgehead atoms. The van der Waals surface area contributed by atoms with Crippen molar-refractivity contribution in [3.05, 3.63) is 48.5 Å². The summed E-state index contributed by atoms with van der Waals surface area (Å²) in [6.07, 6.45) is 0. The zero-order valence-electron chi connectivity index (χ0n) is 14.1. The SMILES string of the molecule is NS(=O)(=O)c1cc2c3c(cc(NS(=O)O)cc3c1)-c1nc3ccccc3nc1-2. The number of hydrogen-bond acceptors (Lipinski definition) is 5. The van der Waals surface area contributed by atoms with Gasteiger partial charge in [-0.3, -0.25) is 9.27 Å². The van der Waals surface area contributed by atoms with Gasteiger partial charge in [-0.05, 0) is 41.8 Å². The van der Waals surface area contributed by atoms with E-state index in [1.807, 2.05) is 24.3 Å². The average Bonchev–Trinajstić information content (AvgIpc) is 2.93. The van der Waals surface area contributed by atoms with Crippen LogP contribution < -0.4 is 9.86 Å². The zero-order valence-corrected chi connectivity index (χ0v) is 15.7. The van der Waals surface area contributed by atoms with E-state index in [0.29, 0.717) is 44.6 Å². The maximum atomic E-state index is 12.0. The molecular formula is C18H12N4O4S2. The summed E-state index contributed by atoms with van der Waals surface area (Å²) < 4.78 is 46.8. The minimum absolute atomic E-state index is 0.0639. The molecule has 0 saturated carbocycles. The van der Waals surface area contributed by atoms with Gasteiger partial charge in [0.1, 0.15) is 0 Å². The fourth-order valence-corrected chi connectivity index (χ4v) is 4.45. The highest BCUT2D eigenvalue weighted by Crippen LogP contribution is 2.48. The molecule has 140 valence electrons. The number of primary sulfonamides is 1. The number of nitrogens with zero attached hydrogens (tertiary/aromatic N) is 2. The standard InChI is InChI=1S/C18H12N4O4S2/c19-28(25,26)11-6-9-5-10(22-27(23)24)7-12-16(9)13(8-11)18-17(12)20-14-3-1-2-4-15(14)21-18/h1-8,22H,(H,23,24)(H2,19,25,26). The Kier molecular flexibility index (Phi) is 3.55. The van der Waals surface area contributed by atoms with E-state index < -0.39 is 21.3 Å². The van der Waals surface area contributed by atoms with Crippen molar-refractivity contribution in [1.82, 2.24) is 9.97 Å². The van der Waals surface area contributed by atoms with Gasteiger partial charge >= 0.3 is 0 Å².